The van der Waals surface area contributed by atoms with Crippen LogP contribution in [0.15, 0.2) is 24.3 Å². The Balaban J connectivity index is 1.62. The van der Waals surface area contributed by atoms with Gasteiger partial charge in [0.2, 0.25) is 11.8 Å². The molecule has 8 heteroatoms. The number of carbonyl (C=O) groups excluding carboxylic acids is 2. The number of nitrogens with one attached hydrogen (secondary N) is 1. The fraction of sp³-hybridized carbons (Fsp3) is 0.500. The largest absolute Gasteiger partial charge is 0.388 e. The minimum absolute atomic E-state index is 0.0216. The van der Waals surface area contributed by atoms with Gasteiger partial charge in [0.15, 0.2) is 0 Å². The first kappa shape index (κ1) is 16.8. The maximum Gasteiger partial charge on any atom is 0.227 e. The molecule has 2 heterocycles. The quantitative estimate of drug-likeness (QED) is 0.685. The molecule has 2 aliphatic rings. The fourth-order valence-electron chi connectivity index (χ4n) is 2.96. The summed E-state index contributed by atoms with van der Waals surface area (Å²) in [6.07, 6.45) is -2.12. The normalized spacial score (nSPS) is 30.5. The molecule has 0 aliphatic carbocycles. The number of carbonyl (C=O) groups is 2. The first-order valence-electron chi connectivity index (χ1n) is 7.76. The lowest BCUT2D eigenvalue weighted by Gasteiger charge is -2.32. The van der Waals surface area contributed by atoms with E-state index in [0.29, 0.717) is 5.69 Å². The summed E-state index contributed by atoms with van der Waals surface area (Å²) in [5.74, 6) is -1.57. The average molecular weight is 338 g/mol. The van der Waals surface area contributed by atoms with E-state index in [1.165, 1.54) is 29.2 Å². The van der Waals surface area contributed by atoms with Gasteiger partial charge in [0.05, 0.1) is 25.2 Å². The minimum atomic E-state index is -1.10. The van der Waals surface area contributed by atoms with Gasteiger partial charge in [-0.2, -0.15) is 0 Å². The SMILES string of the molecule is O=C(N[C@@H]1COC[C@@H](O)[C@H]1O)[C@H]1CC(=O)N(c2ccc(F)cc2)C1. The van der Waals surface area contributed by atoms with Crippen LogP contribution in [0.4, 0.5) is 10.1 Å². The summed E-state index contributed by atoms with van der Waals surface area (Å²) in [7, 11) is 0. The Morgan fingerprint density at radius 2 is 1.96 bits per heavy atom. The highest BCUT2D eigenvalue weighted by Crippen LogP contribution is 2.25. The number of aliphatic hydroxyl groups is 2. The van der Waals surface area contributed by atoms with Crippen LogP contribution in [-0.4, -0.2) is 60.0 Å². The standard InChI is InChI=1S/C16H19FN2O5/c17-10-1-3-11(4-2-10)19-6-9(5-14(19)21)16(23)18-12-7-24-8-13(20)15(12)22/h1-4,9,12-13,15,20,22H,5-8H2,(H,18,23)/t9-,12+,13+,15-/m0/s1. The van der Waals surface area contributed by atoms with Gasteiger partial charge in [0.1, 0.15) is 18.0 Å². The van der Waals surface area contributed by atoms with Crippen LogP contribution in [-0.2, 0) is 14.3 Å². The first-order valence-corrected chi connectivity index (χ1v) is 7.76. The van der Waals surface area contributed by atoms with Gasteiger partial charge in [0, 0.05) is 18.7 Å². The molecule has 7 nitrogen and oxygen atoms in total. The molecule has 4 atom stereocenters. The van der Waals surface area contributed by atoms with E-state index in [4.69, 9.17) is 4.74 Å². The molecule has 3 N–H and O–H groups in total. The number of hydrogen-bond acceptors (Lipinski definition) is 5. The molecule has 2 fully saturated rings. The minimum Gasteiger partial charge on any atom is -0.388 e. The van der Waals surface area contributed by atoms with E-state index in [9.17, 15) is 24.2 Å². The van der Waals surface area contributed by atoms with Crippen molar-refractivity contribution in [1.29, 1.82) is 0 Å². The van der Waals surface area contributed by atoms with E-state index >= 15 is 0 Å². The molecule has 24 heavy (non-hydrogen) atoms. The zero-order valence-electron chi connectivity index (χ0n) is 12.9. The second-order valence-corrected chi connectivity index (χ2v) is 6.09. The third kappa shape index (κ3) is 3.40. The summed E-state index contributed by atoms with van der Waals surface area (Å²) in [4.78, 5) is 25.9. The molecule has 0 radical (unpaired) electrons. The molecule has 1 aromatic rings. The summed E-state index contributed by atoms with van der Waals surface area (Å²) in [5.41, 5.74) is 0.535. The van der Waals surface area contributed by atoms with Gasteiger partial charge in [0.25, 0.3) is 0 Å². The predicted molar refractivity (Wildman–Crippen MR) is 81.6 cm³/mol. The lowest BCUT2D eigenvalue weighted by molar-refractivity contribution is -0.135. The average Bonchev–Trinajstić information content (AvgIpc) is 2.94. The van der Waals surface area contributed by atoms with Crippen LogP contribution in [0.25, 0.3) is 0 Å². The third-order valence-electron chi connectivity index (χ3n) is 4.35. The Bertz CT molecular complexity index is 623. The van der Waals surface area contributed by atoms with Crippen molar-refractivity contribution < 1.29 is 28.9 Å². The maximum absolute atomic E-state index is 13.0. The predicted octanol–water partition coefficient (Wildman–Crippen LogP) is -0.585. The molecule has 1 aromatic carbocycles. The van der Waals surface area contributed by atoms with Gasteiger partial charge in [-0.15, -0.1) is 0 Å². The highest BCUT2D eigenvalue weighted by atomic mass is 19.1. The van der Waals surface area contributed by atoms with Crippen LogP contribution in [0.2, 0.25) is 0 Å². The molecule has 2 amide bonds. The molecular formula is C16H19FN2O5. The van der Waals surface area contributed by atoms with Gasteiger partial charge in [-0.25, -0.2) is 4.39 Å². The number of aliphatic hydroxyl groups excluding tert-OH is 2. The highest BCUT2D eigenvalue weighted by molar-refractivity contribution is 6.00. The number of nitrogens with zero attached hydrogens (tertiary/aromatic N) is 1. The van der Waals surface area contributed by atoms with E-state index < -0.39 is 30.0 Å². The van der Waals surface area contributed by atoms with Gasteiger partial charge < -0.3 is 25.2 Å². The second kappa shape index (κ2) is 6.84. The van der Waals surface area contributed by atoms with Crippen LogP contribution in [0, 0.1) is 11.7 Å². The van der Waals surface area contributed by atoms with Gasteiger partial charge >= 0.3 is 0 Å². The van der Waals surface area contributed by atoms with Gasteiger partial charge in [-0.3, -0.25) is 9.59 Å². The third-order valence-corrected chi connectivity index (χ3v) is 4.35. The van der Waals surface area contributed by atoms with E-state index in [0.717, 1.165) is 0 Å². The zero-order valence-corrected chi connectivity index (χ0v) is 12.9. The van der Waals surface area contributed by atoms with E-state index in [-0.39, 0.29) is 38.0 Å². The van der Waals surface area contributed by atoms with Crippen LogP contribution >= 0.6 is 0 Å². The molecular weight excluding hydrogens is 319 g/mol. The van der Waals surface area contributed by atoms with Crippen molar-refractivity contribution in [3.63, 3.8) is 0 Å². The van der Waals surface area contributed by atoms with Crippen molar-refractivity contribution >= 4 is 17.5 Å². The number of ether oxygens (including phenoxy) is 1. The summed E-state index contributed by atoms with van der Waals surface area (Å²) in [6, 6.07) is 4.78. The molecule has 0 saturated carbocycles. The maximum atomic E-state index is 13.0. The van der Waals surface area contributed by atoms with Crippen molar-refractivity contribution in [3.8, 4) is 0 Å². The number of halogens is 1. The van der Waals surface area contributed by atoms with Crippen molar-refractivity contribution in [2.75, 3.05) is 24.7 Å². The molecule has 0 unspecified atom stereocenters. The Labute approximate surface area is 138 Å². The molecule has 0 aromatic heterocycles. The number of benzene rings is 1. The summed E-state index contributed by atoms with van der Waals surface area (Å²) in [6.45, 7) is 0.308. The Morgan fingerprint density at radius 1 is 1.25 bits per heavy atom. The van der Waals surface area contributed by atoms with Crippen LogP contribution in [0.5, 0.6) is 0 Å². The number of hydrogen-bond donors (Lipinski definition) is 3. The summed E-state index contributed by atoms with van der Waals surface area (Å²) in [5, 5.41) is 22.1. The topological polar surface area (TPSA) is 99.1 Å². The highest BCUT2D eigenvalue weighted by Gasteiger charge is 2.38. The Morgan fingerprint density at radius 3 is 2.67 bits per heavy atom. The molecule has 0 bridgehead atoms. The monoisotopic (exact) mass is 338 g/mol. The molecule has 2 saturated heterocycles. The van der Waals surface area contributed by atoms with E-state index in [1.54, 1.807) is 0 Å². The molecule has 3 rings (SSSR count). The lowest BCUT2D eigenvalue weighted by Crippen LogP contribution is -2.56. The smallest absolute Gasteiger partial charge is 0.227 e. The van der Waals surface area contributed by atoms with Crippen LogP contribution in [0.1, 0.15) is 6.42 Å². The summed E-state index contributed by atoms with van der Waals surface area (Å²) >= 11 is 0. The number of amides is 2. The van der Waals surface area contributed by atoms with Crippen molar-refractivity contribution in [3.05, 3.63) is 30.1 Å². The van der Waals surface area contributed by atoms with Crippen molar-refractivity contribution in [2.45, 2.75) is 24.7 Å². The Hall–Kier alpha value is -2.03. The Kier molecular flexibility index (Phi) is 4.79. The lowest BCUT2D eigenvalue weighted by atomic mass is 10.0. The van der Waals surface area contributed by atoms with Gasteiger partial charge in [-0.1, -0.05) is 0 Å². The second-order valence-electron chi connectivity index (χ2n) is 6.09. The van der Waals surface area contributed by atoms with E-state index in [2.05, 4.69) is 5.32 Å². The molecule has 2 aliphatic heterocycles. The number of rotatable bonds is 3. The van der Waals surface area contributed by atoms with E-state index in [1.807, 2.05) is 0 Å². The summed E-state index contributed by atoms with van der Waals surface area (Å²) < 4.78 is 18.1. The van der Waals surface area contributed by atoms with Crippen molar-refractivity contribution in [1.82, 2.24) is 5.32 Å². The number of anilines is 1. The van der Waals surface area contributed by atoms with Crippen LogP contribution in [0.3, 0.4) is 0 Å². The fourth-order valence-corrected chi connectivity index (χ4v) is 2.96. The molecule has 130 valence electrons. The van der Waals surface area contributed by atoms with Gasteiger partial charge in [-0.05, 0) is 24.3 Å². The van der Waals surface area contributed by atoms with Crippen molar-refractivity contribution in [2.24, 2.45) is 5.92 Å². The zero-order chi connectivity index (χ0) is 17.3. The first-order chi connectivity index (χ1) is 11.5. The molecule has 0 spiro atoms. The van der Waals surface area contributed by atoms with Crippen LogP contribution < -0.4 is 10.2 Å².